The molecule has 14 heteroatoms. The van der Waals surface area contributed by atoms with Crippen molar-refractivity contribution in [3.63, 3.8) is 0 Å². The van der Waals surface area contributed by atoms with Gasteiger partial charge in [-0.25, -0.2) is 0 Å². The van der Waals surface area contributed by atoms with Gasteiger partial charge in [0.15, 0.2) is 12.0 Å². The van der Waals surface area contributed by atoms with Crippen LogP contribution in [0, 0.1) is 0 Å². The van der Waals surface area contributed by atoms with Crippen LogP contribution >= 0.6 is 0 Å². The maximum Gasteiger partial charge on any atom is 0.272 e. The summed E-state index contributed by atoms with van der Waals surface area (Å²) in [4.78, 5) is 35.4. The Hall–Kier alpha value is -2.95. The monoisotopic (exact) mass is 568 g/mol. The van der Waals surface area contributed by atoms with Crippen LogP contribution in [0.1, 0.15) is 12.5 Å². The Morgan fingerprint density at radius 3 is 2.27 bits per heavy atom. The van der Waals surface area contributed by atoms with Gasteiger partial charge in [0.1, 0.15) is 30.1 Å². The lowest BCUT2D eigenvalue weighted by molar-refractivity contribution is -0.302. The number of benzene rings is 1. The zero-order chi connectivity index (χ0) is 29.1. The van der Waals surface area contributed by atoms with Crippen molar-refractivity contribution in [2.45, 2.75) is 44.1 Å². The number of aliphatic hydroxyl groups is 4. The molecule has 3 rings (SSSR count). The molecule has 1 aliphatic rings. The van der Waals surface area contributed by atoms with Gasteiger partial charge < -0.3 is 54.7 Å². The van der Waals surface area contributed by atoms with E-state index >= 15 is 0 Å². The van der Waals surface area contributed by atoms with Gasteiger partial charge >= 0.3 is 0 Å². The number of rotatable bonds is 17. The number of hydrogen-bond acceptors (Lipinski definition) is 13. The number of hydrogen-bond donors (Lipinski definition) is 6. The first-order valence-electron chi connectivity index (χ1n) is 12.9. The van der Waals surface area contributed by atoms with Crippen LogP contribution < -0.4 is 26.2 Å². The summed E-state index contributed by atoms with van der Waals surface area (Å²) in [5.74, 6) is -0.155. The van der Waals surface area contributed by atoms with Crippen molar-refractivity contribution in [1.29, 1.82) is 0 Å². The van der Waals surface area contributed by atoms with E-state index in [0.717, 1.165) is 5.56 Å². The molecule has 2 aromatic carbocycles. The fourth-order valence-electron chi connectivity index (χ4n) is 3.88. The summed E-state index contributed by atoms with van der Waals surface area (Å²) in [5.41, 5.74) is 0.214. The summed E-state index contributed by atoms with van der Waals surface area (Å²) < 4.78 is 26.5. The second-order valence-corrected chi connectivity index (χ2v) is 8.94. The molecule has 2 aromatic rings. The topological polar surface area (TPSA) is 202 Å². The molecule has 40 heavy (non-hydrogen) atoms. The average Bonchev–Trinajstić information content (AvgIpc) is 2.96. The van der Waals surface area contributed by atoms with Crippen LogP contribution in [0.3, 0.4) is 0 Å². The predicted octanol–water partition coefficient (Wildman–Crippen LogP) is -2.07. The first-order valence-corrected chi connectivity index (χ1v) is 12.9. The highest BCUT2D eigenvalue weighted by molar-refractivity contribution is 5.79. The van der Waals surface area contributed by atoms with E-state index < -0.39 is 48.2 Å². The van der Waals surface area contributed by atoms with Crippen molar-refractivity contribution < 1.29 is 48.9 Å². The molecule has 222 valence electrons. The highest BCUT2D eigenvalue weighted by atomic mass is 16.7. The molecule has 1 heterocycles. The van der Waals surface area contributed by atoms with Gasteiger partial charge in [0.05, 0.1) is 52.7 Å². The summed E-state index contributed by atoms with van der Waals surface area (Å²) in [6.07, 6.45) is -6.49. The number of carbonyl (C=O) groups is 1. The molecular formula is C26H36N2O12. The normalized spacial score (nSPS) is 22.8. The Kier molecular flexibility index (Phi) is 12.4. The molecule has 0 spiro atoms. The van der Waals surface area contributed by atoms with E-state index in [9.17, 15) is 29.7 Å². The van der Waals surface area contributed by atoms with E-state index in [1.54, 1.807) is 31.2 Å². The van der Waals surface area contributed by atoms with Crippen molar-refractivity contribution in [3.05, 3.63) is 50.3 Å². The first-order chi connectivity index (χ1) is 19.3. The molecule has 1 aliphatic heterocycles. The summed E-state index contributed by atoms with van der Waals surface area (Å²) in [6, 6.07) is 6.88. The molecule has 0 aliphatic carbocycles. The van der Waals surface area contributed by atoms with Gasteiger partial charge in [-0.2, -0.15) is 0 Å². The molecule has 1 amide bonds. The Morgan fingerprint density at radius 1 is 0.925 bits per heavy atom. The average molecular weight is 569 g/mol. The quantitative estimate of drug-likeness (QED) is 0.0899. The molecule has 14 nitrogen and oxygen atoms in total. The van der Waals surface area contributed by atoms with Crippen LogP contribution in [0.15, 0.2) is 33.9 Å². The number of carbonyl (C=O) groups excluding carboxylic acids is 1. The summed E-state index contributed by atoms with van der Waals surface area (Å²) in [5, 5.41) is 44.2. The number of anilines is 2. The van der Waals surface area contributed by atoms with E-state index in [-0.39, 0.29) is 63.4 Å². The molecule has 1 unspecified atom stereocenters. The van der Waals surface area contributed by atoms with E-state index in [4.69, 9.17) is 28.8 Å². The van der Waals surface area contributed by atoms with Crippen LogP contribution in [0.4, 0.5) is 11.4 Å². The molecular weight excluding hydrogens is 532 g/mol. The summed E-state index contributed by atoms with van der Waals surface area (Å²) >= 11 is 0. The van der Waals surface area contributed by atoms with Gasteiger partial charge in [0.2, 0.25) is 5.91 Å². The molecule has 0 bridgehead atoms. The Balaban J connectivity index is 1.22. The van der Waals surface area contributed by atoms with Crippen molar-refractivity contribution in [2.24, 2.45) is 0 Å². The molecule has 1 saturated heterocycles. The minimum atomic E-state index is -1.50. The van der Waals surface area contributed by atoms with Crippen LogP contribution in [-0.4, -0.2) is 110 Å². The fraction of sp³-hybridized carbons (Fsp3) is 0.577. The Bertz CT molecular complexity index is 1130. The van der Waals surface area contributed by atoms with E-state index in [1.165, 1.54) is 0 Å². The maximum atomic E-state index is 12.2. The van der Waals surface area contributed by atoms with E-state index in [1.807, 2.05) is 0 Å². The SMILES string of the molecule is CCOc1c(Nc2ccc(CC(=O)NCCOCCOCCOC3O[C@H](CO)[C@@H](O)[C@H](O)[C@@H]3O)cc2)c(=O)c1=O. The number of nitrogens with one attached hydrogen (secondary N) is 2. The second-order valence-electron chi connectivity index (χ2n) is 8.94. The van der Waals surface area contributed by atoms with Crippen LogP contribution in [0.25, 0.3) is 0 Å². The highest BCUT2D eigenvalue weighted by Crippen LogP contribution is 2.23. The van der Waals surface area contributed by atoms with Gasteiger partial charge in [0.25, 0.3) is 10.9 Å². The number of amides is 1. The Morgan fingerprint density at radius 2 is 1.60 bits per heavy atom. The van der Waals surface area contributed by atoms with Gasteiger partial charge in [-0.1, -0.05) is 12.1 Å². The zero-order valence-electron chi connectivity index (χ0n) is 22.1. The maximum absolute atomic E-state index is 12.2. The van der Waals surface area contributed by atoms with Gasteiger partial charge in [-0.05, 0) is 24.6 Å². The summed E-state index contributed by atoms with van der Waals surface area (Å²) in [7, 11) is 0. The standard InChI is InChI=1S/C26H36N2O12/c1-2-38-25-19(21(32)23(25)34)28-16-5-3-15(4-6-16)13-18(30)27-7-8-36-9-10-37-11-12-39-26-24(35)22(33)20(31)17(14-29)40-26/h3-6,17,20,22,24,26,28-29,31,33,35H,2,7-14H2,1H3,(H,27,30)/t17-,20-,22+,24+,26?/m1/s1. The van der Waals surface area contributed by atoms with Crippen molar-refractivity contribution >= 4 is 17.3 Å². The zero-order valence-corrected chi connectivity index (χ0v) is 22.1. The molecule has 0 radical (unpaired) electrons. The first kappa shape index (κ1) is 31.6. The van der Waals surface area contributed by atoms with Crippen molar-refractivity contribution in [1.82, 2.24) is 5.32 Å². The predicted molar refractivity (Wildman–Crippen MR) is 140 cm³/mol. The molecule has 1 fully saturated rings. The highest BCUT2D eigenvalue weighted by Gasteiger charge is 2.43. The second kappa shape index (κ2) is 15.7. The third kappa shape index (κ3) is 8.52. The Labute approximate surface area is 230 Å². The van der Waals surface area contributed by atoms with Crippen molar-refractivity contribution in [3.8, 4) is 5.75 Å². The largest absolute Gasteiger partial charge is 0.488 e. The van der Waals surface area contributed by atoms with Crippen LogP contribution in [0.2, 0.25) is 0 Å². The number of aliphatic hydroxyl groups excluding tert-OH is 4. The number of ether oxygens (including phenoxy) is 5. The molecule has 0 saturated carbocycles. The minimum absolute atomic E-state index is 0.0329. The third-order valence-corrected chi connectivity index (χ3v) is 6.04. The third-order valence-electron chi connectivity index (χ3n) is 6.04. The lowest BCUT2D eigenvalue weighted by atomic mass is 9.99. The van der Waals surface area contributed by atoms with Gasteiger partial charge in [0, 0.05) is 12.2 Å². The minimum Gasteiger partial charge on any atom is -0.488 e. The lowest BCUT2D eigenvalue weighted by Crippen LogP contribution is -2.59. The van der Waals surface area contributed by atoms with E-state index in [0.29, 0.717) is 12.2 Å². The van der Waals surface area contributed by atoms with Crippen LogP contribution in [-0.2, 0) is 30.2 Å². The summed E-state index contributed by atoms with van der Waals surface area (Å²) in [6.45, 7) is 2.79. The smallest absolute Gasteiger partial charge is 0.272 e. The molecule has 0 aromatic heterocycles. The molecule has 5 atom stereocenters. The van der Waals surface area contributed by atoms with Crippen LogP contribution in [0.5, 0.6) is 5.75 Å². The fourth-order valence-corrected chi connectivity index (χ4v) is 3.88. The van der Waals surface area contributed by atoms with E-state index in [2.05, 4.69) is 10.6 Å². The van der Waals surface area contributed by atoms with Gasteiger partial charge in [-0.3, -0.25) is 14.4 Å². The lowest BCUT2D eigenvalue weighted by Gasteiger charge is -2.39. The van der Waals surface area contributed by atoms with Crippen molar-refractivity contribution in [2.75, 3.05) is 58.1 Å². The molecule has 6 N–H and O–H groups in total. The van der Waals surface area contributed by atoms with Gasteiger partial charge in [-0.15, -0.1) is 0 Å².